The Labute approximate surface area is 96.6 Å². The first-order chi connectivity index (χ1) is 6.35. The van der Waals surface area contributed by atoms with Crippen molar-refractivity contribution in [2.75, 3.05) is 4.43 Å². The van der Waals surface area contributed by atoms with Gasteiger partial charge in [0.15, 0.2) is 0 Å². The number of unbranched alkanes of at least 4 members (excludes halogenated alkanes) is 2. The minimum Gasteiger partial charge on any atom is -0.103 e. The Balaban J connectivity index is 3.38. The third-order valence-corrected chi connectivity index (χ3v) is 3.51. The molecule has 0 saturated carbocycles. The van der Waals surface area contributed by atoms with Crippen LogP contribution >= 0.6 is 22.6 Å². The predicted octanol–water partition coefficient (Wildman–Crippen LogP) is 4.75. The number of rotatable bonds is 9. The fourth-order valence-electron chi connectivity index (χ4n) is 1.40. The van der Waals surface area contributed by atoms with Crippen molar-refractivity contribution in [3.63, 3.8) is 0 Å². The van der Waals surface area contributed by atoms with E-state index in [4.69, 9.17) is 0 Å². The van der Waals surface area contributed by atoms with Crippen molar-refractivity contribution in [1.29, 1.82) is 0 Å². The van der Waals surface area contributed by atoms with Gasteiger partial charge in [-0.25, -0.2) is 0 Å². The zero-order chi connectivity index (χ0) is 9.94. The topological polar surface area (TPSA) is 0 Å². The fourth-order valence-corrected chi connectivity index (χ4v) is 2.28. The van der Waals surface area contributed by atoms with Gasteiger partial charge in [-0.3, -0.25) is 0 Å². The predicted molar refractivity (Wildman–Crippen MR) is 70.5 cm³/mol. The molecule has 0 aliphatic carbocycles. The van der Waals surface area contributed by atoms with E-state index in [0.29, 0.717) is 0 Å². The van der Waals surface area contributed by atoms with Gasteiger partial charge in [0.1, 0.15) is 0 Å². The third kappa shape index (κ3) is 8.54. The highest BCUT2D eigenvalue weighted by atomic mass is 127. The lowest BCUT2D eigenvalue weighted by atomic mass is 9.98. The molecule has 0 aromatic carbocycles. The van der Waals surface area contributed by atoms with Crippen LogP contribution in [0.5, 0.6) is 0 Å². The van der Waals surface area contributed by atoms with Gasteiger partial charge < -0.3 is 0 Å². The Bertz CT molecular complexity index is 115. The van der Waals surface area contributed by atoms with E-state index in [0.717, 1.165) is 5.92 Å². The quantitative estimate of drug-likeness (QED) is 0.249. The van der Waals surface area contributed by atoms with Crippen LogP contribution in [0.4, 0.5) is 0 Å². The van der Waals surface area contributed by atoms with E-state index in [1.54, 1.807) is 0 Å². The van der Waals surface area contributed by atoms with E-state index in [-0.39, 0.29) is 0 Å². The molecule has 0 nitrogen and oxygen atoms in total. The molecule has 0 saturated heterocycles. The molecule has 0 spiro atoms. The standard InChI is InChI=1S/C12H21I/c1-3-5-7-9-12(11-13)10-8-6-4-2/h3-4,12H,1-2,5-11H2. The zero-order valence-corrected chi connectivity index (χ0v) is 10.6. The van der Waals surface area contributed by atoms with Crippen LogP contribution in [0.2, 0.25) is 0 Å². The smallest absolute Gasteiger partial charge is 0.00237 e. The third-order valence-electron chi connectivity index (χ3n) is 2.26. The first kappa shape index (κ1) is 13.2. The highest BCUT2D eigenvalue weighted by Gasteiger charge is 2.05. The first-order valence-corrected chi connectivity index (χ1v) is 6.65. The van der Waals surface area contributed by atoms with Gasteiger partial charge in [-0.2, -0.15) is 0 Å². The highest BCUT2D eigenvalue weighted by Crippen LogP contribution is 2.18. The molecular formula is C12H21I. The van der Waals surface area contributed by atoms with Gasteiger partial charge in [-0.1, -0.05) is 34.7 Å². The number of hydrogen-bond donors (Lipinski definition) is 0. The van der Waals surface area contributed by atoms with Crippen molar-refractivity contribution in [2.45, 2.75) is 38.5 Å². The van der Waals surface area contributed by atoms with Gasteiger partial charge in [0.2, 0.25) is 0 Å². The van der Waals surface area contributed by atoms with Gasteiger partial charge in [0, 0.05) is 4.43 Å². The molecule has 0 aliphatic rings. The van der Waals surface area contributed by atoms with E-state index in [1.807, 2.05) is 12.2 Å². The SMILES string of the molecule is C=CCCCC(CI)CCCC=C. The summed E-state index contributed by atoms with van der Waals surface area (Å²) in [5, 5.41) is 0. The Morgan fingerprint density at radius 2 is 1.46 bits per heavy atom. The first-order valence-electron chi connectivity index (χ1n) is 5.12. The lowest BCUT2D eigenvalue weighted by molar-refractivity contribution is 0.476. The van der Waals surface area contributed by atoms with Gasteiger partial charge >= 0.3 is 0 Å². The van der Waals surface area contributed by atoms with Crippen LogP contribution in [0.25, 0.3) is 0 Å². The summed E-state index contributed by atoms with van der Waals surface area (Å²) in [6, 6.07) is 0. The molecule has 0 bridgehead atoms. The van der Waals surface area contributed by atoms with E-state index in [1.165, 1.54) is 43.0 Å². The molecule has 0 aromatic rings. The molecule has 0 N–H and O–H groups in total. The lowest BCUT2D eigenvalue weighted by Crippen LogP contribution is -2.01. The summed E-state index contributed by atoms with van der Waals surface area (Å²) in [6.07, 6.45) is 11.7. The van der Waals surface area contributed by atoms with Crippen LogP contribution in [0.1, 0.15) is 38.5 Å². The molecule has 0 aromatic heterocycles. The Kier molecular flexibility index (Phi) is 10.5. The van der Waals surface area contributed by atoms with Crippen molar-refractivity contribution in [3.8, 4) is 0 Å². The molecule has 1 heteroatoms. The second kappa shape index (κ2) is 10.3. The maximum Gasteiger partial charge on any atom is 0.00237 e. The van der Waals surface area contributed by atoms with E-state index in [2.05, 4.69) is 35.7 Å². The minimum absolute atomic E-state index is 0.917. The summed E-state index contributed by atoms with van der Waals surface area (Å²) in [5.74, 6) is 0.917. The summed E-state index contributed by atoms with van der Waals surface area (Å²) in [4.78, 5) is 0. The van der Waals surface area contributed by atoms with Crippen LogP contribution in [-0.2, 0) is 0 Å². The van der Waals surface area contributed by atoms with Gasteiger partial charge in [0.05, 0.1) is 0 Å². The number of allylic oxidation sites excluding steroid dienone is 2. The van der Waals surface area contributed by atoms with Crippen LogP contribution in [-0.4, -0.2) is 4.43 Å². The second-order valence-electron chi connectivity index (χ2n) is 3.46. The van der Waals surface area contributed by atoms with Crippen LogP contribution in [0, 0.1) is 5.92 Å². The van der Waals surface area contributed by atoms with Crippen molar-refractivity contribution in [1.82, 2.24) is 0 Å². The van der Waals surface area contributed by atoms with Crippen LogP contribution in [0.3, 0.4) is 0 Å². The largest absolute Gasteiger partial charge is 0.103 e. The summed E-state index contributed by atoms with van der Waals surface area (Å²) >= 11 is 2.50. The molecule has 0 heterocycles. The van der Waals surface area contributed by atoms with Crippen molar-refractivity contribution < 1.29 is 0 Å². The average Bonchev–Trinajstić information content (AvgIpc) is 2.16. The molecule has 0 unspecified atom stereocenters. The normalized spacial score (nSPS) is 10.3. The Hall–Kier alpha value is 0.210. The number of hydrogen-bond acceptors (Lipinski definition) is 0. The molecule has 0 radical (unpaired) electrons. The van der Waals surface area contributed by atoms with Gasteiger partial charge in [-0.05, 0) is 44.4 Å². The van der Waals surface area contributed by atoms with Crippen LogP contribution in [0.15, 0.2) is 25.3 Å². The molecule has 0 rings (SSSR count). The lowest BCUT2D eigenvalue weighted by Gasteiger charge is -2.12. The molecule has 0 amide bonds. The molecule has 0 aliphatic heterocycles. The van der Waals surface area contributed by atoms with E-state index in [9.17, 15) is 0 Å². The summed E-state index contributed by atoms with van der Waals surface area (Å²) in [7, 11) is 0. The molecule has 13 heavy (non-hydrogen) atoms. The average molecular weight is 292 g/mol. The number of halogens is 1. The van der Waals surface area contributed by atoms with E-state index >= 15 is 0 Å². The number of alkyl halides is 1. The van der Waals surface area contributed by atoms with E-state index < -0.39 is 0 Å². The minimum atomic E-state index is 0.917. The Morgan fingerprint density at radius 3 is 1.77 bits per heavy atom. The maximum atomic E-state index is 3.74. The van der Waals surface area contributed by atoms with Gasteiger partial charge in [-0.15, -0.1) is 13.2 Å². The highest BCUT2D eigenvalue weighted by molar-refractivity contribution is 14.1. The van der Waals surface area contributed by atoms with Crippen molar-refractivity contribution >= 4 is 22.6 Å². The van der Waals surface area contributed by atoms with Crippen molar-refractivity contribution in [3.05, 3.63) is 25.3 Å². The second-order valence-corrected chi connectivity index (χ2v) is 4.34. The van der Waals surface area contributed by atoms with Gasteiger partial charge in [0.25, 0.3) is 0 Å². The molecule has 0 atom stereocenters. The Morgan fingerprint density at radius 1 is 1.00 bits per heavy atom. The summed E-state index contributed by atoms with van der Waals surface area (Å²) < 4.78 is 1.30. The zero-order valence-electron chi connectivity index (χ0n) is 8.47. The summed E-state index contributed by atoms with van der Waals surface area (Å²) in [6.45, 7) is 7.49. The molecule has 76 valence electrons. The maximum absolute atomic E-state index is 3.74. The molecule has 0 fully saturated rings. The van der Waals surface area contributed by atoms with Crippen LogP contribution < -0.4 is 0 Å². The molecular weight excluding hydrogens is 271 g/mol. The fraction of sp³-hybridized carbons (Fsp3) is 0.667. The summed E-state index contributed by atoms with van der Waals surface area (Å²) in [5.41, 5.74) is 0. The monoisotopic (exact) mass is 292 g/mol. The van der Waals surface area contributed by atoms with Crippen molar-refractivity contribution in [2.24, 2.45) is 5.92 Å².